The van der Waals surface area contributed by atoms with Gasteiger partial charge in [-0.1, -0.05) is 43.2 Å². The fourth-order valence-electron chi connectivity index (χ4n) is 4.93. The van der Waals surface area contributed by atoms with E-state index in [0.29, 0.717) is 29.4 Å². The van der Waals surface area contributed by atoms with Gasteiger partial charge in [-0.25, -0.2) is 9.37 Å². The summed E-state index contributed by atoms with van der Waals surface area (Å²) in [7, 11) is 0. The molecule has 1 heterocycles. The van der Waals surface area contributed by atoms with Gasteiger partial charge in [0.1, 0.15) is 23.4 Å². The molecule has 1 saturated carbocycles. The number of hydrogen-bond acceptors (Lipinski definition) is 5. The molecule has 1 fully saturated rings. The van der Waals surface area contributed by atoms with Gasteiger partial charge in [0.25, 0.3) is 0 Å². The van der Waals surface area contributed by atoms with Crippen molar-refractivity contribution in [2.24, 2.45) is 0 Å². The third kappa shape index (κ3) is 7.65. The van der Waals surface area contributed by atoms with Crippen LogP contribution in [0.4, 0.5) is 15.9 Å². The first-order valence-electron chi connectivity index (χ1n) is 13.8. The van der Waals surface area contributed by atoms with Crippen molar-refractivity contribution < 1.29 is 23.5 Å². The first-order chi connectivity index (χ1) is 19.5. The molecule has 1 aliphatic rings. The Kier molecular flexibility index (Phi) is 10.2. The number of aromatic nitrogens is 1. The van der Waals surface area contributed by atoms with Gasteiger partial charge in [-0.15, -0.1) is 0 Å². The molecule has 2 N–H and O–H groups in total. The zero-order valence-electron chi connectivity index (χ0n) is 22.6. The number of nitrogens with one attached hydrogen (secondary N) is 2. The van der Waals surface area contributed by atoms with Gasteiger partial charge < -0.3 is 15.4 Å². The quantitative estimate of drug-likeness (QED) is 0.310. The van der Waals surface area contributed by atoms with Crippen molar-refractivity contribution in [1.29, 1.82) is 0 Å². The van der Waals surface area contributed by atoms with E-state index in [1.807, 2.05) is 6.92 Å². The zero-order chi connectivity index (χ0) is 28.3. The summed E-state index contributed by atoms with van der Waals surface area (Å²) in [5.74, 6) is -0.509. The fourth-order valence-corrected chi connectivity index (χ4v) is 4.93. The monoisotopic (exact) mass is 546 g/mol. The van der Waals surface area contributed by atoms with E-state index in [2.05, 4.69) is 15.6 Å². The van der Waals surface area contributed by atoms with Crippen LogP contribution in [0.25, 0.3) is 0 Å². The molecule has 210 valence electrons. The number of para-hydroxylation sites is 2. The second-order valence-electron chi connectivity index (χ2n) is 9.73. The van der Waals surface area contributed by atoms with E-state index in [4.69, 9.17) is 4.74 Å². The third-order valence-electron chi connectivity index (χ3n) is 6.81. The molecule has 3 aromatic rings. The lowest BCUT2D eigenvalue weighted by atomic mass is 10.0. The lowest BCUT2D eigenvalue weighted by Gasteiger charge is -2.33. The van der Waals surface area contributed by atoms with Crippen LogP contribution in [0.2, 0.25) is 0 Å². The van der Waals surface area contributed by atoms with E-state index in [1.165, 1.54) is 29.2 Å². The summed E-state index contributed by atoms with van der Waals surface area (Å²) < 4.78 is 19.7. The molecule has 0 aliphatic heterocycles. The highest BCUT2D eigenvalue weighted by atomic mass is 19.1. The normalized spacial score (nSPS) is 13.8. The van der Waals surface area contributed by atoms with Crippen LogP contribution in [0, 0.1) is 5.82 Å². The number of anilines is 2. The van der Waals surface area contributed by atoms with Gasteiger partial charge in [0.05, 0.1) is 12.3 Å². The van der Waals surface area contributed by atoms with Crippen molar-refractivity contribution in [3.05, 3.63) is 84.3 Å². The van der Waals surface area contributed by atoms with Gasteiger partial charge >= 0.3 is 0 Å². The number of halogens is 1. The van der Waals surface area contributed by atoms with Crippen molar-refractivity contribution in [2.75, 3.05) is 16.8 Å². The van der Waals surface area contributed by atoms with Crippen LogP contribution >= 0.6 is 0 Å². The summed E-state index contributed by atoms with van der Waals surface area (Å²) in [6.07, 6.45) is 5.74. The van der Waals surface area contributed by atoms with E-state index >= 15 is 0 Å². The maximum absolute atomic E-state index is 13.9. The van der Waals surface area contributed by atoms with Crippen LogP contribution in [0.1, 0.15) is 63.5 Å². The number of ether oxygens (including phenoxy) is 1. The lowest BCUT2D eigenvalue weighted by Crippen LogP contribution is -2.46. The molecule has 1 aliphatic carbocycles. The van der Waals surface area contributed by atoms with Crippen LogP contribution in [0.15, 0.2) is 72.9 Å². The average molecular weight is 547 g/mol. The minimum atomic E-state index is -1.06. The third-order valence-corrected chi connectivity index (χ3v) is 6.81. The van der Waals surface area contributed by atoms with E-state index in [0.717, 1.165) is 25.7 Å². The smallest absolute Gasteiger partial charge is 0.248 e. The highest BCUT2D eigenvalue weighted by molar-refractivity contribution is 6.02. The Morgan fingerprint density at radius 1 is 1.00 bits per heavy atom. The first kappa shape index (κ1) is 28.7. The zero-order valence-corrected chi connectivity index (χ0v) is 22.6. The minimum Gasteiger partial charge on any atom is -0.492 e. The number of nitrogens with zero attached hydrogens (tertiary/aromatic N) is 2. The number of pyridine rings is 1. The Hall–Kier alpha value is -4.27. The van der Waals surface area contributed by atoms with Gasteiger partial charge in [-0.3, -0.25) is 19.3 Å². The summed E-state index contributed by atoms with van der Waals surface area (Å²) in [4.78, 5) is 45.8. The van der Waals surface area contributed by atoms with Crippen molar-refractivity contribution in [1.82, 2.24) is 10.3 Å². The van der Waals surface area contributed by atoms with Gasteiger partial charge in [-0.2, -0.15) is 0 Å². The van der Waals surface area contributed by atoms with Gasteiger partial charge in [0.2, 0.25) is 17.7 Å². The van der Waals surface area contributed by atoms with Gasteiger partial charge in [0, 0.05) is 25.1 Å². The molecular formula is C31H35FN4O4. The summed E-state index contributed by atoms with van der Waals surface area (Å²) >= 11 is 0. The SMILES string of the molecule is CCOc1ccccc1N(C(=O)CCCC(=O)Nc1ccccn1)C(C(=O)NC1CCCC1)c1ccc(F)cc1. The maximum Gasteiger partial charge on any atom is 0.248 e. The number of carbonyl (C=O) groups excluding carboxylic acids is 3. The van der Waals surface area contributed by atoms with E-state index in [1.54, 1.807) is 48.7 Å². The predicted octanol–water partition coefficient (Wildman–Crippen LogP) is 5.56. The molecule has 3 amide bonds. The predicted molar refractivity (Wildman–Crippen MR) is 151 cm³/mol. The van der Waals surface area contributed by atoms with Crippen molar-refractivity contribution in [3.63, 3.8) is 0 Å². The highest BCUT2D eigenvalue weighted by Crippen LogP contribution is 2.36. The number of benzene rings is 2. The van der Waals surface area contributed by atoms with Crippen LogP contribution < -0.4 is 20.3 Å². The van der Waals surface area contributed by atoms with Crippen molar-refractivity contribution >= 4 is 29.2 Å². The Balaban J connectivity index is 1.62. The van der Waals surface area contributed by atoms with Crippen molar-refractivity contribution in [2.45, 2.75) is 64.0 Å². The second-order valence-corrected chi connectivity index (χ2v) is 9.73. The molecule has 0 saturated heterocycles. The number of amides is 3. The molecular weight excluding hydrogens is 511 g/mol. The van der Waals surface area contributed by atoms with Crippen LogP contribution in [0.3, 0.4) is 0 Å². The maximum atomic E-state index is 13.9. The molecule has 1 aromatic heterocycles. The summed E-state index contributed by atoms with van der Waals surface area (Å²) in [5.41, 5.74) is 0.910. The van der Waals surface area contributed by atoms with E-state index in [9.17, 15) is 18.8 Å². The Morgan fingerprint density at radius 2 is 1.73 bits per heavy atom. The lowest BCUT2D eigenvalue weighted by molar-refractivity contribution is -0.127. The second kappa shape index (κ2) is 14.2. The van der Waals surface area contributed by atoms with E-state index < -0.39 is 11.9 Å². The summed E-state index contributed by atoms with van der Waals surface area (Å²) in [5, 5.41) is 5.83. The van der Waals surface area contributed by atoms with Crippen LogP contribution in [-0.4, -0.2) is 35.4 Å². The van der Waals surface area contributed by atoms with E-state index in [-0.39, 0.29) is 43.0 Å². The molecule has 0 radical (unpaired) electrons. The average Bonchev–Trinajstić information content (AvgIpc) is 3.46. The Labute approximate surface area is 233 Å². The molecule has 0 spiro atoms. The van der Waals surface area contributed by atoms with Crippen LogP contribution in [-0.2, 0) is 14.4 Å². The molecule has 2 aromatic carbocycles. The Bertz CT molecular complexity index is 1280. The van der Waals surface area contributed by atoms with Crippen LogP contribution in [0.5, 0.6) is 5.75 Å². The highest BCUT2D eigenvalue weighted by Gasteiger charge is 2.35. The first-order valence-corrected chi connectivity index (χ1v) is 13.8. The fraction of sp³-hybridized carbons (Fsp3) is 0.355. The summed E-state index contributed by atoms with van der Waals surface area (Å²) in [6, 6.07) is 16.8. The number of rotatable bonds is 12. The van der Waals surface area contributed by atoms with Crippen molar-refractivity contribution in [3.8, 4) is 5.75 Å². The minimum absolute atomic E-state index is 0.00447. The molecule has 1 unspecified atom stereocenters. The summed E-state index contributed by atoms with van der Waals surface area (Å²) in [6.45, 7) is 2.20. The molecule has 0 bridgehead atoms. The standard InChI is InChI=1S/C31H35FN4O4/c1-2-40-26-13-6-5-12-25(26)36(29(38)16-9-15-28(37)35-27-14-7-8-21-33-27)30(22-17-19-23(32)20-18-22)31(39)34-24-10-3-4-11-24/h5-8,12-14,17-21,24,30H,2-4,9-11,15-16H2,1H3,(H,34,39)(H,33,35,37). The number of carbonyl (C=O) groups is 3. The molecule has 40 heavy (non-hydrogen) atoms. The topological polar surface area (TPSA) is 101 Å². The molecule has 4 rings (SSSR count). The Morgan fingerprint density at radius 3 is 2.42 bits per heavy atom. The number of hydrogen-bond donors (Lipinski definition) is 2. The molecule has 8 nitrogen and oxygen atoms in total. The molecule has 9 heteroatoms. The van der Waals surface area contributed by atoms with Gasteiger partial charge in [-0.05, 0) is 68.1 Å². The van der Waals surface area contributed by atoms with Gasteiger partial charge in [0.15, 0.2) is 0 Å². The largest absolute Gasteiger partial charge is 0.492 e. The molecule has 1 atom stereocenters.